The van der Waals surface area contributed by atoms with Gasteiger partial charge in [-0.05, 0) is 24.3 Å². The lowest BCUT2D eigenvalue weighted by Crippen LogP contribution is -1.86. The summed E-state index contributed by atoms with van der Waals surface area (Å²) in [6.45, 7) is 0. The van der Waals surface area contributed by atoms with E-state index >= 15 is 0 Å². The molecule has 0 atom stereocenters. The van der Waals surface area contributed by atoms with E-state index in [9.17, 15) is 10.2 Å². The minimum Gasteiger partial charge on any atom is -0.508 e. The van der Waals surface area contributed by atoms with Gasteiger partial charge in [0.25, 0.3) is 0 Å². The Morgan fingerprint density at radius 2 is 1.60 bits per heavy atom. The van der Waals surface area contributed by atoms with Crippen LogP contribution in [0.15, 0.2) is 30.3 Å². The zero-order valence-electron chi connectivity index (χ0n) is 7.55. The molecule has 76 valence electrons. The molecule has 5 heteroatoms. The van der Waals surface area contributed by atoms with Crippen molar-refractivity contribution in [3.8, 4) is 22.8 Å². The van der Waals surface area contributed by atoms with Gasteiger partial charge in [-0.25, -0.2) is 0 Å². The molecule has 4 nitrogen and oxygen atoms in total. The van der Waals surface area contributed by atoms with E-state index in [1.807, 2.05) is 0 Å². The Morgan fingerprint density at radius 3 is 2.13 bits per heavy atom. The first-order chi connectivity index (χ1) is 7.15. The van der Waals surface area contributed by atoms with Crippen LogP contribution in [0.5, 0.6) is 11.5 Å². The molecule has 0 unspecified atom stereocenters. The number of benzene rings is 1. The maximum atomic E-state index is 9.28. The molecule has 0 aliphatic heterocycles. The van der Waals surface area contributed by atoms with E-state index in [4.69, 9.17) is 11.6 Å². The van der Waals surface area contributed by atoms with Crippen molar-refractivity contribution >= 4 is 11.6 Å². The van der Waals surface area contributed by atoms with E-state index < -0.39 is 0 Å². The molecule has 0 fully saturated rings. The SMILES string of the molecule is Oc1cc(O)cc(-c2ccc(Cl)nn2)c1. The van der Waals surface area contributed by atoms with Gasteiger partial charge in [0.15, 0.2) is 5.15 Å². The average Bonchev–Trinajstić information content (AvgIpc) is 2.17. The second-order valence-electron chi connectivity index (χ2n) is 2.98. The molecule has 2 aromatic rings. The van der Waals surface area contributed by atoms with Crippen LogP contribution in [-0.2, 0) is 0 Å². The van der Waals surface area contributed by atoms with Crippen LogP contribution >= 0.6 is 11.6 Å². The van der Waals surface area contributed by atoms with Crippen LogP contribution in [0.4, 0.5) is 0 Å². The highest BCUT2D eigenvalue weighted by Gasteiger charge is 2.03. The zero-order valence-corrected chi connectivity index (χ0v) is 8.31. The van der Waals surface area contributed by atoms with Crippen molar-refractivity contribution in [1.82, 2.24) is 10.2 Å². The molecule has 0 amide bonds. The maximum absolute atomic E-state index is 9.28. The van der Waals surface area contributed by atoms with Crippen molar-refractivity contribution in [3.05, 3.63) is 35.5 Å². The molecule has 15 heavy (non-hydrogen) atoms. The number of nitrogens with zero attached hydrogens (tertiary/aromatic N) is 2. The molecular weight excluding hydrogens is 216 g/mol. The van der Waals surface area contributed by atoms with Gasteiger partial charge < -0.3 is 10.2 Å². The molecule has 2 rings (SSSR count). The van der Waals surface area contributed by atoms with Gasteiger partial charge in [0.1, 0.15) is 11.5 Å². The lowest BCUT2D eigenvalue weighted by atomic mass is 10.1. The fraction of sp³-hybridized carbons (Fsp3) is 0. The molecule has 2 N–H and O–H groups in total. The topological polar surface area (TPSA) is 66.2 Å². The van der Waals surface area contributed by atoms with E-state index in [-0.39, 0.29) is 11.5 Å². The quantitative estimate of drug-likeness (QED) is 0.776. The van der Waals surface area contributed by atoms with Crippen LogP contribution in [0, 0.1) is 0 Å². The normalized spacial score (nSPS) is 10.2. The van der Waals surface area contributed by atoms with Gasteiger partial charge >= 0.3 is 0 Å². The lowest BCUT2D eigenvalue weighted by molar-refractivity contribution is 0.451. The molecule has 0 saturated heterocycles. The Kier molecular flexibility index (Phi) is 2.43. The first-order valence-electron chi connectivity index (χ1n) is 4.18. The molecule has 0 radical (unpaired) electrons. The summed E-state index contributed by atoms with van der Waals surface area (Å²) in [5.41, 5.74) is 1.11. The summed E-state index contributed by atoms with van der Waals surface area (Å²) < 4.78 is 0. The number of phenolic OH excluding ortho intramolecular Hbond substituents is 2. The van der Waals surface area contributed by atoms with Gasteiger partial charge in [-0.3, -0.25) is 0 Å². The monoisotopic (exact) mass is 222 g/mol. The summed E-state index contributed by atoms with van der Waals surface area (Å²) >= 11 is 5.59. The second kappa shape index (κ2) is 3.74. The van der Waals surface area contributed by atoms with Crippen LogP contribution in [0.1, 0.15) is 0 Å². The summed E-state index contributed by atoms with van der Waals surface area (Å²) in [6.07, 6.45) is 0. The number of rotatable bonds is 1. The lowest BCUT2D eigenvalue weighted by Gasteiger charge is -2.01. The van der Waals surface area contributed by atoms with E-state index in [1.54, 1.807) is 12.1 Å². The Hall–Kier alpha value is -1.81. The number of hydrogen-bond donors (Lipinski definition) is 2. The minimum atomic E-state index is -0.0262. The Labute approximate surface area is 90.8 Å². The summed E-state index contributed by atoms with van der Waals surface area (Å²) in [7, 11) is 0. The number of aromatic nitrogens is 2. The number of hydrogen-bond acceptors (Lipinski definition) is 4. The summed E-state index contributed by atoms with van der Waals surface area (Å²) in [6, 6.07) is 7.46. The predicted octanol–water partition coefficient (Wildman–Crippen LogP) is 2.21. The van der Waals surface area contributed by atoms with Crippen molar-refractivity contribution < 1.29 is 10.2 Å². The fourth-order valence-electron chi connectivity index (χ4n) is 1.21. The predicted molar refractivity (Wildman–Crippen MR) is 55.8 cm³/mol. The van der Waals surface area contributed by atoms with E-state index in [0.29, 0.717) is 16.4 Å². The van der Waals surface area contributed by atoms with Crippen LogP contribution in [0.2, 0.25) is 5.15 Å². The highest BCUT2D eigenvalue weighted by atomic mass is 35.5. The molecule has 1 aromatic carbocycles. The average molecular weight is 223 g/mol. The number of halogens is 1. The molecule has 0 aliphatic rings. The van der Waals surface area contributed by atoms with Crippen LogP contribution in [-0.4, -0.2) is 20.4 Å². The largest absolute Gasteiger partial charge is 0.508 e. The van der Waals surface area contributed by atoms with Crippen LogP contribution in [0.3, 0.4) is 0 Å². The molecule has 0 saturated carbocycles. The third-order valence-electron chi connectivity index (χ3n) is 1.83. The highest BCUT2D eigenvalue weighted by Crippen LogP contribution is 2.27. The summed E-state index contributed by atoms with van der Waals surface area (Å²) in [5.74, 6) is -0.0523. The van der Waals surface area contributed by atoms with Crippen LogP contribution in [0.25, 0.3) is 11.3 Å². The molecule has 0 aliphatic carbocycles. The van der Waals surface area contributed by atoms with Crippen molar-refractivity contribution in [1.29, 1.82) is 0 Å². The minimum absolute atomic E-state index is 0.0262. The summed E-state index contributed by atoms with van der Waals surface area (Å²) in [4.78, 5) is 0. The van der Waals surface area contributed by atoms with Crippen molar-refractivity contribution in [2.24, 2.45) is 0 Å². The van der Waals surface area contributed by atoms with E-state index in [0.717, 1.165) is 0 Å². The fourth-order valence-corrected chi connectivity index (χ4v) is 1.31. The van der Waals surface area contributed by atoms with E-state index in [2.05, 4.69) is 10.2 Å². The number of phenols is 2. The molecule has 0 spiro atoms. The number of aromatic hydroxyl groups is 2. The van der Waals surface area contributed by atoms with Gasteiger partial charge in [-0.1, -0.05) is 11.6 Å². The van der Waals surface area contributed by atoms with Gasteiger partial charge in [-0.2, -0.15) is 0 Å². The smallest absolute Gasteiger partial charge is 0.151 e. The van der Waals surface area contributed by atoms with Crippen molar-refractivity contribution in [2.45, 2.75) is 0 Å². The Morgan fingerprint density at radius 1 is 0.933 bits per heavy atom. The summed E-state index contributed by atoms with van der Waals surface area (Å²) in [5, 5.41) is 26.3. The highest BCUT2D eigenvalue weighted by molar-refractivity contribution is 6.29. The first-order valence-corrected chi connectivity index (χ1v) is 4.55. The van der Waals surface area contributed by atoms with Gasteiger partial charge in [0.05, 0.1) is 5.69 Å². The third-order valence-corrected chi connectivity index (χ3v) is 2.03. The van der Waals surface area contributed by atoms with Crippen LogP contribution < -0.4 is 0 Å². The Balaban J connectivity index is 2.49. The molecule has 0 bridgehead atoms. The molecule has 1 aromatic heterocycles. The second-order valence-corrected chi connectivity index (χ2v) is 3.37. The zero-order chi connectivity index (χ0) is 10.8. The maximum Gasteiger partial charge on any atom is 0.151 e. The standard InChI is InChI=1S/C10H7ClN2O2/c11-10-2-1-9(12-13-10)6-3-7(14)5-8(15)4-6/h1-5,14-15H. The first kappa shape index (κ1) is 9.73. The van der Waals surface area contributed by atoms with Crippen molar-refractivity contribution in [2.75, 3.05) is 0 Å². The Bertz CT molecular complexity index is 465. The van der Waals surface area contributed by atoms with Gasteiger partial charge in [0.2, 0.25) is 0 Å². The van der Waals surface area contributed by atoms with Gasteiger partial charge in [0, 0.05) is 11.6 Å². The van der Waals surface area contributed by atoms with Gasteiger partial charge in [-0.15, -0.1) is 10.2 Å². The van der Waals surface area contributed by atoms with E-state index in [1.165, 1.54) is 18.2 Å². The molecular formula is C10H7ClN2O2. The molecule has 1 heterocycles. The van der Waals surface area contributed by atoms with Crippen molar-refractivity contribution in [3.63, 3.8) is 0 Å². The third kappa shape index (κ3) is 2.16.